The molecule has 1 heterocycles. The Balaban J connectivity index is 1.85. The standard InChI is InChI=1S/C19H17ClN2O2/c1-12(2)24-14-9-7-13(8-10-14)11-17-19(23)22-18(21-17)15-5-3-4-6-16(15)20/h3-12H,1-2H3,(H,21,22,23)/b17-11+. The number of hydrogen-bond acceptors (Lipinski definition) is 3. The SMILES string of the molecule is CC(C)Oc1ccc(/C=C2/N=C(c3ccccc3Cl)NC2=O)cc1. The maximum atomic E-state index is 12.1. The van der Waals surface area contributed by atoms with Crippen molar-refractivity contribution in [3.05, 3.63) is 70.4 Å². The van der Waals surface area contributed by atoms with Gasteiger partial charge < -0.3 is 10.1 Å². The predicted molar refractivity (Wildman–Crippen MR) is 96.3 cm³/mol. The van der Waals surface area contributed by atoms with Crippen LogP contribution in [-0.2, 0) is 4.79 Å². The molecule has 1 amide bonds. The first kappa shape index (κ1) is 16.3. The molecule has 24 heavy (non-hydrogen) atoms. The van der Waals surface area contributed by atoms with Gasteiger partial charge >= 0.3 is 0 Å². The summed E-state index contributed by atoms with van der Waals surface area (Å²) in [6.07, 6.45) is 1.86. The van der Waals surface area contributed by atoms with E-state index in [1.54, 1.807) is 12.1 Å². The molecule has 0 aliphatic carbocycles. The summed E-state index contributed by atoms with van der Waals surface area (Å²) in [4.78, 5) is 16.5. The van der Waals surface area contributed by atoms with Crippen LogP contribution in [0, 0.1) is 0 Å². The largest absolute Gasteiger partial charge is 0.491 e. The molecule has 0 spiro atoms. The lowest BCUT2D eigenvalue weighted by atomic mass is 10.2. The minimum absolute atomic E-state index is 0.123. The van der Waals surface area contributed by atoms with Gasteiger partial charge in [-0.1, -0.05) is 35.9 Å². The molecule has 0 saturated heterocycles. The number of carbonyl (C=O) groups excluding carboxylic acids is 1. The minimum Gasteiger partial charge on any atom is -0.491 e. The molecule has 0 bridgehead atoms. The molecule has 1 aliphatic rings. The van der Waals surface area contributed by atoms with Crippen LogP contribution in [0.5, 0.6) is 5.75 Å². The third-order valence-corrected chi connectivity index (χ3v) is 3.71. The number of rotatable bonds is 4. The number of amidine groups is 1. The molecule has 0 saturated carbocycles. The minimum atomic E-state index is -0.243. The van der Waals surface area contributed by atoms with Gasteiger partial charge in [-0.2, -0.15) is 0 Å². The van der Waals surface area contributed by atoms with E-state index < -0.39 is 0 Å². The van der Waals surface area contributed by atoms with Gasteiger partial charge in [0, 0.05) is 5.56 Å². The highest BCUT2D eigenvalue weighted by Crippen LogP contribution is 2.21. The zero-order valence-corrected chi connectivity index (χ0v) is 14.2. The number of nitrogens with zero attached hydrogens (tertiary/aromatic N) is 1. The van der Waals surface area contributed by atoms with Crippen molar-refractivity contribution >= 4 is 29.4 Å². The van der Waals surface area contributed by atoms with Crippen molar-refractivity contribution in [2.45, 2.75) is 20.0 Å². The molecule has 2 aromatic rings. The third-order valence-electron chi connectivity index (χ3n) is 3.38. The van der Waals surface area contributed by atoms with Gasteiger partial charge in [0.1, 0.15) is 17.3 Å². The third kappa shape index (κ3) is 3.66. The molecule has 0 atom stereocenters. The lowest BCUT2D eigenvalue weighted by Crippen LogP contribution is -2.24. The molecule has 0 fully saturated rings. The molecule has 1 aliphatic heterocycles. The number of nitrogens with one attached hydrogen (secondary N) is 1. The number of amides is 1. The highest BCUT2D eigenvalue weighted by molar-refractivity contribution is 6.35. The summed E-state index contributed by atoms with van der Waals surface area (Å²) in [5.41, 5.74) is 1.93. The molecule has 0 radical (unpaired) electrons. The lowest BCUT2D eigenvalue weighted by molar-refractivity contribution is -0.115. The van der Waals surface area contributed by atoms with Crippen molar-refractivity contribution in [3.8, 4) is 5.75 Å². The molecule has 0 unspecified atom stereocenters. The first-order valence-electron chi connectivity index (χ1n) is 7.66. The molecule has 2 aromatic carbocycles. The summed E-state index contributed by atoms with van der Waals surface area (Å²) in [6.45, 7) is 3.95. The van der Waals surface area contributed by atoms with E-state index in [0.717, 1.165) is 11.3 Å². The molecule has 122 valence electrons. The second-order valence-corrected chi connectivity index (χ2v) is 6.07. The van der Waals surface area contributed by atoms with Crippen molar-refractivity contribution in [2.75, 3.05) is 0 Å². The maximum absolute atomic E-state index is 12.1. The molecule has 0 aromatic heterocycles. The monoisotopic (exact) mass is 340 g/mol. The van der Waals surface area contributed by atoms with Crippen molar-refractivity contribution < 1.29 is 9.53 Å². The first-order valence-corrected chi connectivity index (χ1v) is 8.04. The fourth-order valence-electron chi connectivity index (χ4n) is 2.32. The highest BCUT2D eigenvalue weighted by atomic mass is 35.5. The van der Waals surface area contributed by atoms with Crippen LogP contribution in [-0.4, -0.2) is 17.8 Å². The Morgan fingerprint density at radius 1 is 1.12 bits per heavy atom. The summed E-state index contributed by atoms with van der Waals surface area (Å²) in [5, 5.41) is 3.30. The average Bonchev–Trinajstić information content (AvgIpc) is 2.90. The van der Waals surface area contributed by atoms with Crippen LogP contribution in [0.15, 0.2) is 59.2 Å². The van der Waals surface area contributed by atoms with Gasteiger partial charge in [-0.05, 0) is 49.8 Å². The van der Waals surface area contributed by atoms with Crippen molar-refractivity contribution in [1.82, 2.24) is 5.32 Å². The zero-order chi connectivity index (χ0) is 17.1. The summed E-state index contributed by atoms with van der Waals surface area (Å²) in [6, 6.07) is 14.8. The highest BCUT2D eigenvalue weighted by Gasteiger charge is 2.22. The van der Waals surface area contributed by atoms with Gasteiger partial charge in [-0.25, -0.2) is 4.99 Å². The van der Waals surface area contributed by atoms with Gasteiger partial charge in [0.2, 0.25) is 0 Å². The lowest BCUT2D eigenvalue weighted by Gasteiger charge is -2.09. The van der Waals surface area contributed by atoms with Crippen LogP contribution in [0.2, 0.25) is 5.02 Å². The van der Waals surface area contributed by atoms with E-state index >= 15 is 0 Å². The summed E-state index contributed by atoms with van der Waals surface area (Å²) in [7, 11) is 0. The first-order chi connectivity index (χ1) is 11.5. The number of aliphatic imine (C=N–C) groups is 1. The Morgan fingerprint density at radius 3 is 2.50 bits per heavy atom. The number of benzene rings is 2. The van der Waals surface area contributed by atoms with Crippen LogP contribution in [0.25, 0.3) is 6.08 Å². The molecule has 1 N–H and O–H groups in total. The van der Waals surface area contributed by atoms with E-state index in [1.165, 1.54) is 0 Å². The van der Waals surface area contributed by atoms with Gasteiger partial charge in [0.05, 0.1) is 11.1 Å². The van der Waals surface area contributed by atoms with E-state index in [9.17, 15) is 4.79 Å². The van der Waals surface area contributed by atoms with Gasteiger partial charge in [0.15, 0.2) is 0 Å². The van der Waals surface area contributed by atoms with Gasteiger partial charge in [0.25, 0.3) is 5.91 Å². The number of carbonyl (C=O) groups is 1. The Hall–Kier alpha value is -2.59. The van der Waals surface area contributed by atoms with Crippen LogP contribution in [0.1, 0.15) is 25.0 Å². The van der Waals surface area contributed by atoms with Crippen LogP contribution >= 0.6 is 11.6 Å². The Morgan fingerprint density at radius 2 is 1.83 bits per heavy atom. The molecule has 3 rings (SSSR count). The molecule has 4 nitrogen and oxygen atoms in total. The normalized spacial score (nSPS) is 15.6. The summed E-state index contributed by atoms with van der Waals surface area (Å²) >= 11 is 6.15. The van der Waals surface area contributed by atoms with Crippen molar-refractivity contribution in [1.29, 1.82) is 0 Å². The molecule has 5 heteroatoms. The predicted octanol–water partition coefficient (Wildman–Crippen LogP) is 4.04. The Bertz CT molecular complexity index is 824. The van der Waals surface area contributed by atoms with Crippen molar-refractivity contribution in [2.24, 2.45) is 4.99 Å². The van der Waals surface area contributed by atoms with Crippen LogP contribution in [0.3, 0.4) is 0 Å². The fraction of sp³-hybridized carbons (Fsp3) is 0.158. The summed E-state index contributed by atoms with van der Waals surface area (Å²) < 4.78 is 5.61. The summed E-state index contributed by atoms with van der Waals surface area (Å²) in [5.74, 6) is 1.02. The van der Waals surface area contributed by atoms with Crippen LogP contribution < -0.4 is 10.1 Å². The Labute approximate surface area is 145 Å². The quantitative estimate of drug-likeness (QED) is 0.854. The average molecular weight is 341 g/mol. The van der Waals surface area contributed by atoms with E-state index in [4.69, 9.17) is 16.3 Å². The van der Waals surface area contributed by atoms with E-state index in [1.807, 2.05) is 56.3 Å². The van der Waals surface area contributed by atoms with E-state index in [2.05, 4.69) is 10.3 Å². The smallest absolute Gasteiger partial charge is 0.275 e. The number of ether oxygens (including phenoxy) is 1. The second-order valence-electron chi connectivity index (χ2n) is 5.66. The van der Waals surface area contributed by atoms with E-state index in [0.29, 0.717) is 22.1 Å². The zero-order valence-electron chi connectivity index (χ0n) is 13.4. The molecular weight excluding hydrogens is 324 g/mol. The van der Waals surface area contributed by atoms with Crippen molar-refractivity contribution in [3.63, 3.8) is 0 Å². The molecular formula is C19H17ClN2O2. The topological polar surface area (TPSA) is 50.7 Å². The fourth-order valence-corrected chi connectivity index (χ4v) is 2.55. The maximum Gasteiger partial charge on any atom is 0.275 e. The second kappa shape index (κ2) is 6.89. The van der Waals surface area contributed by atoms with E-state index in [-0.39, 0.29) is 12.0 Å². The van der Waals surface area contributed by atoms with Crippen LogP contribution in [0.4, 0.5) is 0 Å². The number of halogens is 1. The Kier molecular flexibility index (Phi) is 4.67. The van der Waals surface area contributed by atoms with Gasteiger partial charge in [-0.3, -0.25) is 4.79 Å². The van der Waals surface area contributed by atoms with Gasteiger partial charge in [-0.15, -0.1) is 0 Å². The number of hydrogen-bond donors (Lipinski definition) is 1.